The Kier molecular flexibility index (Phi) is 8.05. The largest absolute Gasteiger partial charge is 0.329 e. The number of unbranched alkanes of at least 4 members (excludes halogenated alkanes) is 6. The van der Waals surface area contributed by atoms with E-state index in [2.05, 4.69) is 16.7 Å². The average molecular weight is 296 g/mol. The molecule has 0 aliphatic carbocycles. The molecule has 2 atom stereocenters. The van der Waals surface area contributed by atoms with Gasteiger partial charge in [-0.3, -0.25) is 9.80 Å². The Morgan fingerprint density at radius 1 is 1.00 bits per heavy atom. The van der Waals surface area contributed by atoms with Crippen LogP contribution < -0.4 is 5.73 Å². The molecule has 124 valence electrons. The highest BCUT2D eigenvalue weighted by Gasteiger charge is 2.32. The lowest BCUT2D eigenvalue weighted by molar-refractivity contribution is 0.0699. The van der Waals surface area contributed by atoms with Gasteiger partial charge in [0.05, 0.1) is 0 Å². The zero-order valence-electron chi connectivity index (χ0n) is 14.2. The van der Waals surface area contributed by atoms with Crippen LogP contribution in [0.5, 0.6) is 0 Å². The Morgan fingerprint density at radius 2 is 1.76 bits per heavy atom. The van der Waals surface area contributed by atoms with E-state index in [0.29, 0.717) is 6.04 Å². The SMILES string of the molecule is CCCCCCCCCC(CN)N1CCN2CCCC2C1. The molecule has 2 unspecified atom stereocenters. The van der Waals surface area contributed by atoms with E-state index in [0.717, 1.165) is 12.6 Å². The third kappa shape index (κ3) is 5.54. The molecule has 0 bridgehead atoms. The molecule has 3 nitrogen and oxygen atoms in total. The molecule has 2 aliphatic heterocycles. The molecule has 2 N–H and O–H groups in total. The maximum absolute atomic E-state index is 6.07. The first-order chi connectivity index (χ1) is 10.3. The van der Waals surface area contributed by atoms with Crippen molar-refractivity contribution in [2.75, 3.05) is 32.7 Å². The van der Waals surface area contributed by atoms with Crippen molar-refractivity contribution in [1.82, 2.24) is 9.80 Å². The first kappa shape index (κ1) is 17.2. The molecule has 0 aromatic rings. The second kappa shape index (κ2) is 9.81. The molecular weight excluding hydrogens is 258 g/mol. The summed E-state index contributed by atoms with van der Waals surface area (Å²) in [6.45, 7) is 8.27. The summed E-state index contributed by atoms with van der Waals surface area (Å²) in [6.07, 6.45) is 14.0. The molecule has 0 amide bonds. The number of piperazine rings is 1. The second-order valence-electron chi connectivity index (χ2n) is 7.13. The van der Waals surface area contributed by atoms with E-state index in [1.165, 1.54) is 90.4 Å². The number of fused-ring (bicyclic) bond motifs is 1. The molecule has 0 radical (unpaired) electrons. The van der Waals surface area contributed by atoms with E-state index in [9.17, 15) is 0 Å². The van der Waals surface area contributed by atoms with Gasteiger partial charge in [-0.1, -0.05) is 51.9 Å². The van der Waals surface area contributed by atoms with Crippen LogP contribution >= 0.6 is 0 Å². The maximum atomic E-state index is 6.07. The van der Waals surface area contributed by atoms with Crippen molar-refractivity contribution in [2.24, 2.45) is 5.73 Å². The fourth-order valence-electron chi connectivity index (χ4n) is 4.13. The van der Waals surface area contributed by atoms with Gasteiger partial charge in [0, 0.05) is 38.3 Å². The Morgan fingerprint density at radius 3 is 2.52 bits per heavy atom. The Hall–Kier alpha value is -0.120. The summed E-state index contributed by atoms with van der Waals surface area (Å²) in [7, 11) is 0. The lowest BCUT2D eigenvalue weighted by Gasteiger charge is -2.41. The minimum Gasteiger partial charge on any atom is -0.329 e. The zero-order chi connectivity index (χ0) is 14.9. The van der Waals surface area contributed by atoms with Crippen LogP contribution in [0.2, 0.25) is 0 Å². The van der Waals surface area contributed by atoms with Crippen molar-refractivity contribution < 1.29 is 0 Å². The number of nitrogens with two attached hydrogens (primary N) is 1. The van der Waals surface area contributed by atoms with Gasteiger partial charge >= 0.3 is 0 Å². The van der Waals surface area contributed by atoms with E-state index in [-0.39, 0.29) is 0 Å². The summed E-state index contributed by atoms with van der Waals surface area (Å²) in [5.41, 5.74) is 6.07. The van der Waals surface area contributed by atoms with Gasteiger partial charge < -0.3 is 5.73 Å². The summed E-state index contributed by atoms with van der Waals surface area (Å²) in [5, 5.41) is 0. The molecule has 0 saturated carbocycles. The monoisotopic (exact) mass is 295 g/mol. The van der Waals surface area contributed by atoms with Gasteiger partial charge in [0.1, 0.15) is 0 Å². The van der Waals surface area contributed by atoms with E-state index in [1.54, 1.807) is 0 Å². The maximum Gasteiger partial charge on any atom is 0.0224 e. The van der Waals surface area contributed by atoms with Gasteiger partial charge in [0.15, 0.2) is 0 Å². The highest BCUT2D eigenvalue weighted by atomic mass is 15.3. The Balaban J connectivity index is 1.59. The van der Waals surface area contributed by atoms with E-state index in [1.807, 2.05) is 0 Å². The summed E-state index contributed by atoms with van der Waals surface area (Å²) in [6, 6.07) is 1.48. The quantitative estimate of drug-likeness (QED) is 0.628. The molecule has 2 fully saturated rings. The van der Waals surface area contributed by atoms with E-state index in [4.69, 9.17) is 5.73 Å². The van der Waals surface area contributed by atoms with Gasteiger partial charge in [-0.2, -0.15) is 0 Å². The molecule has 2 saturated heterocycles. The summed E-state index contributed by atoms with van der Waals surface area (Å²) in [5.74, 6) is 0. The highest BCUT2D eigenvalue weighted by Crippen LogP contribution is 2.23. The fraction of sp³-hybridized carbons (Fsp3) is 1.00. The van der Waals surface area contributed by atoms with Crippen LogP contribution in [0.15, 0.2) is 0 Å². The molecule has 21 heavy (non-hydrogen) atoms. The lowest BCUT2D eigenvalue weighted by Crippen LogP contribution is -2.55. The minimum absolute atomic E-state index is 0.642. The van der Waals surface area contributed by atoms with E-state index < -0.39 is 0 Å². The predicted molar refractivity (Wildman–Crippen MR) is 91.6 cm³/mol. The molecule has 2 aliphatic rings. The number of hydrogen-bond acceptors (Lipinski definition) is 3. The van der Waals surface area contributed by atoms with Gasteiger partial charge in [0.25, 0.3) is 0 Å². The van der Waals surface area contributed by atoms with Crippen molar-refractivity contribution >= 4 is 0 Å². The number of hydrogen-bond donors (Lipinski definition) is 1. The molecule has 0 aromatic carbocycles. The fourth-order valence-corrected chi connectivity index (χ4v) is 4.13. The molecule has 0 aromatic heterocycles. The third-order valence-corrected chi connectivity index (χ3v) is 5.55. The zero-order valence-corrected chi connectivity index (χ0v) is 14.2. The smallest absolute Gasteiger partial charge is 0.0224 e. The van der Waals surface area contributed by atoms with Crippen LogP contribution in [0, 0.1) is 0 Å². The molecular formula is C18H37N3. The van der Waals surface area contributed by atoms with Gasteiger partial charge in [-0.25, -0.2) is 0 Å². The Labute approximate surface area is 132 Å². The van der Waals surface area contributed by atoms with Crippen LogP contribution in [-0.2, 0) is 0 Å². The summed E-state index contributed by atoms with van der Waals surface area (Å²) in [4.78, 5) is 5.39. The van der Waals surface area contributed by atoms with Crippen molar-refractivity contribution in [3.8, 4) is 0 Å². The Bertz CT molecular complexity index is 269. The second-order valence-corrected chi connectivity index (χ2v) is 7.13. The van der Waals surface area contributed by atoms with E-state index >= 15 is 0 Å². The predicted octanol–water partition coefficient (Wildman–Crippen LogP) is 3.23. The summed E-state index contributed by atoms with van der Waals surface area (Å²) < 4.78 is 0. The first-order valence-electron chi connectivity index (χ1n) is 9.53. The topological polar surface area (TPSA) is 32.5 Å². The molecule has 0 spiro atoms. The molecule has 2 rings (SSSR count). The average Bonchev–Trinajstić information content (AvgIpc) is 2.97. The van der Waals surface area contributed by atoms with Gasteiger partial charge in [-0.15, -0.1) is 0 Å². The van der Waals surface area contributed by atoms with Crippen molar-refractivity contribution in [1.29, 1.82) is 0 Å². The van der Waals surface area contributed by atoms with Gasteiger partial charge in [-0.05, 0) is 25.8 Å². The lowest BCUT2D eigenvalue weighted by atomic mass is 10.0. The highest BCUT2D eigenvalue weighted by molar-refractivity contribution is 4.89. The number of rotatable bonds is 10. The van der Waals surface area contributed by atoms with Gasteiger partial charge in [0.2, 0.25) is 0 Å². The van der Waals surface area contributed by atoms with Crippen molar-refractivity contribution in [3.05, 3.63) is 0 Å². The van der Waals surface area contributed by atoms with Crippen LogP contribution in [-0.4, -0.2) is 54.6 Å². The van der Waals surface area contributed by atoms with Crippen LogP contribution in [0.1, 0.15) is 71.1 Å². The summed E-state index contributed by atoms with van der Waals surface area (Å²) >= 11 is 0. The molecule has 2 heterocycles. The first-order valence-corrected chi connectivity index (χ1v) is 9.53. The van der Waals surface area contributed by atoms with Crippen molar-refractivity contribution in [2.45, 2.75) is 83.2 Å². The number of nitrogens with zero attached hydrogens (tertiary/aromatic N) is 2. The molecule has 3 heteroatoms. The normalized spacial score (nSPS) is 25.1. The minimum atomic E-state index is 0.642. The standard InChI is InChI=1S/C18H37N3/c1-2-3-4-5-6-7-8-10-17(15-19)21-14-13-20-12-9-11-18(20)16-21/h17-18H,2-16,19H2,1H3. The van der Waals surface area contributed by atoms with Crippen molar-refractivity contribution in [3.63, 3.8) is 0 Å². The van der Waals surface area contributed by atoms with Crippen LogP contribution in [0.25, 0.3) is 0 Å². The van der Waals surface area contributed by atoms with Crippen LogP contribution in [0.3, 0.4) is 0 Å². The van der Waals surface area contributed by atoms with Crippen LogP contribution in [0.4, 0.5) is 0 Å². The third-order valence-electron chi connectivity index (χ3n) is 5.55.